The van der Waals surface area contributed by atoms with Gasteiger partial charge >= 0.3 is 0 Å². The fraction of sp³-hybridized carbons (Fsp3) is 0.545. The number of nitrogens with zero attached hydrogens (tertiary/aromatic N) is 1. The van der Waals surface area contributed by atoms with Crippen molar-refractivity contribution in [3.05, 3.63) is 23.9 Å². The molecule has 0 saturated carbocycles. The Hall–Kier alpha value is -0.500. The maximum atomic E-state index is 4.36. The minimum absolute atomic E-state index is 0.600. The third kappa shape index (κ3) is 2.73. The van der Waals surface area contributed by atoms with E-state index in [0.29, 0.717) is 11.8 Å². The maximum Gasteiger partial charge on any atom is 0.0957 e. The van der Waals surface area contributed by atoms with Crippen molar-refractivity contribution in [3.8, 4) is 0 Å². The van der Waals surface area contributed by atoms with Crippen molar-refractivity contribution in [2.75, 3.05) is 6.26 Å². The van der Waals surface area contributed by atoms with Gasteiger partial charge in [-0.25, -0.2) is 4.98 Å². The van der Waals surface area contributed by atoms with Gasteiger partial charge in [-0.2, -0.15) is 0 Å². The average Bonchev–Trinajstić information content (AvgIpc) is 2.17. The zero-order chi connectivity index (χ0) is 9.84. The van der Waals surface area contributed by atoms with Crippen molar-refractivity contribution < 1.29 is 0 Å². The van der Waals surface area contributed by atoms with Crippen LogP contribution in [0.5, 0.6) is 0 Å². The zero-order valence-electron chi connectivity index (χ0n) is 8.74. The molecule has 0 fully saturated rings. The molecule has 0 N–H and O–H groups in total. The van der Waals surface area contributed by atoms with E-state index in [4.69, 9.17) is 0 Å². The molecule has 1 heterocycles. The van der Waals surface area contributed by atoms with E-state index in [1.165, 1.54) is 5.56 Å². The van der Waals surface area contributed by atoms with E-state index >= 15 is 0 Å². The molecule has 1 aromatic rings. The van der Waals surface area contributed by atoms with Crippen LogP contribution in [0, 0.1) is 5.92 Å². The smallest absolute Gasteiger partial charge is 0.0957 e. The molecule has 0 radical (unpaired) electrons. The third-order valence-electron chi connectivity index (χ3n) is 2.49. The number of pyridine rings is 1. The number of aromatic nitrogens is 1. The quantitative estimate of drug-likeness (QED) is 0.684. The van der Waals surface area contributed by atoms with Crippen LogP contribution in [0.25, 0.3) is 0 Å². The molecular weight excluding hydrogens is 178 g/mol. The van der Waals surface area contributed by atoms with Crippen molar-refractivity contribution in [2.45, 2.75) is 31.7 Å². The van der Waals surface area contributed by atoms with Gasteiger partial charge in [0, 0.05) is 6.20 Å². The van der Waals surface area contributed by atoms with Gasteiger partial charge < -0.3 is 0 Å². The molecule has 0 aliphatic heterocycles. The number of hydrogen-bond donors (Lipinski definition) is 0. The van der Waals surface area contributed by atoms with Crippen LogP contribution in [0.15, 0.2) is 23.4 Å². The van der Waals surface area contributed by atoms with E-state index < -0.39 is 0 Å². The molecule has 1 atom stereocenters. The van der Waals surface area contributed by atoms with Crippen LogP contribution in [0.3, 0.4) is 0 Å². The highest BCUT2D eigenvalue weighted by atomic mass is 32.2. The first-order chi connectivity index (χ1) is 6.15. The van der Waals surface area contributed by atoms with E-state index in [0.717, 1.165) is 5.03 Å². The molecule has 1 aromatic heterocycles. The summed E-state index contributed by atoms with van der Waals surface area (Å²) in [5, 5.41) is 1.10. The summed E-state index contributed by atoms with van der Waals surface area (Å²) in [6.45, 7) is 6.74. The maximum absolute atomic E-state index is 4.36. The Morgan fingerprint density at radius 1 is 1.23 bits per heavy atom. The van der Waals surface area contributed by atoms with Crippen LogP contribution in [-0.2, 0) is 0 Å². The van der Waals surface area contributed by atoms with Gasteiger partial charge in [-0.1, -0.05) is 26.8 Å². The van der Waals surface area contributed by atoms with Gasteiger partial charge in [0.25, 0.3) is 0 Å². The molecule has 2 heteroatoms. The average molecular weight is 195 g/mol. The Kier molecular flexibility index (Phi) is 3.79. The van der Waals surface area contributed by atoms with Gasteiger partial charge in [0.15, 0.2) is 0 Å². The lowest BCUT2D eigenvalue weighted by molar-refractivity contribution is 0.533. The SMILES string of the molecule is CSc1ccc(C(C)C(C)C)cn1. The Labute approximate surface area is 85.0 Å². The molecule has 0 bridgehead atoms. The molecule has 0 saturated heterocycles. The highest BCUT2D eigenvalue weighted by Crippen LogP contribution is 2.23. The molecule has 13 heavy (non-hydrogen) atoms. The summed E-state index contributed by atoms with van der Waals surface area (Å²) >= 11 is 1.69. The van der Waals surface area contributed by atoms with Gasteiger partial charge in [-0.3, -0.25) is 0 Å². The second-order valence-corrected chi connectivity index (χ2v) is 4.49. The molecule has 1 nitrogen and oxygen atoms in total. The Balaban J connectivity index is 2.79. The van der Waals surface area contributed by atoms with E-state index in [2.05, 4.69) is 37.9 Å². The molecule has 72 valence electrons. The second kappa shape index (κ2) is 4.66. The van der Waals surface area contributed by atoms with E-state index in [9.17, 15) is 0 Å². The van der Waals surface area contributed by atoms with Crippen LogP contribution in [0.2, 0.25) is 0 Å². The van der Waals surface area contributed by atoms with Crippen LogP contribution in [-0.4, -0.2) is 11.2 Å². The molecular formula is C11H17NS. The van der Waals surface area contributed by atoms with E-state index in [-0.39, 0.29) is 0 Å². The summed E-state index contributed by atoms with van der Waals surface area (Å²) in [6, 6.07) is 4.28. The van der Waals surface area contributed by atoms with Crippen LogP contribution >= 0.6 is 11.8 Å². The first kappa shape index (κ1) is 10.6. The fourth-order valence-electron chi connectivity index (χ4n) is 1.17. The second-order valence-electron chi connectivity index (χ2n) is 3.67. The molecule has 0 spiro atoms. The van der Waals surface area contributed by atoms with Gasteiger partial charge in [0.2, 0.25) is 0 Å². The topological polar surface area (TPSA) is 12.9 Å². The van der Waals surface area contributed by atoms with Crippen LogP contribution in [0.1, 0.15) is 32.3 Å². The first-order valence-corrected chi connectivity index (χ1v) is 5.87. The molecule has 0 aromatic carbocycles. The largest absolute Gasteiger partial charge is 0.250 e. The Morgan fingerprint density at radius 3 is 2.31 bits per heavy atom. The van der Waals surface area contributed by atoms with Crippen molar-refractivity contribution in [1.29, 1.82) is 0 Å². The summed E-state index contributed by atoms with van der Waals surface area (Å²) in [5.74, 6) is 1.28. The van der Waals surface area contributed by atoms with Crippen molar-refractivity contribution in [2.24, 2.45) is 5.92 Å². The third-order valence-corrected chi connectivity index (χ3v) is 3.15. The Morgan fingerprint density at radius 2 is 1.92 bits per heavy atom. The standard InChI is InChI=1S/C11H17NS/c1-8(2)9(3)10-5-6-11(13-4)12-7-10/h5-9H,1-4H3. The van der Waals surface area contributed by atoms with Crippen molar-refractivity contribution in [3.63, 3.8) is 0 Å². The highest BCUT2D eigenvalue weighted by Gasteiger charge is 2.09. The molecule has 0 aliphatic carbocycles. The Bertz CT molecular complexity index is 253. The highest BCUT2D eigenvalue weighted by molar-refractivity contribution is 7.98. The van der Waals surface area contributed by atoms with E-state index in [1.807, 2.05) is 12.5 Å². The van der Waals surface area contributed by atoms with Crippen molar-refractivity contribution in [1.82, 2.24) is 4.98 Å². The molecule has 0 amide bonds. The monoisotopic (exact) mass is 195 g/mol. The number of rotatable bonds is 3. The van der Waals surface area contributed by atoms with Crippen molar-refractivity contribution >= 4 is 11.8 Å². The van der Waals surface area contributed by atoms with E-state index in [1.54, 1.807) is 11.8 Å². The van der Waals surface area contributed by atoms with Crippen LogP contribution in [0.4, 0.5) is 0 Å². The molecule has 0 aliphatic rings. The fourth-order valence-corrected chi connectivity index (χ4v) is 1.53. The molecule has 1 rings (SSSR count). The minimum Gasteiger partial charge on any atom is -0.250 e. The zero-order valence-corrected chi connectivity index (χ0v) is 9.56. The molecule has 1 unspecified atom stereocenters. The predicted octanol–water partition coefficient (Wildman–Crippen LogP) is 3.56. The summed E-state index contributed by atoms with van der Waals surface area (Å²) in [7, 11) is 0. The first-order valence-electron chi connectivity index (χ1n) is 4.65. The summed E-state index contributed by atoms with van der Waals surface area (Å²) in [6.07, 6.45) is 4.05. The van der Waals surface area contributed by atoms with Gasteiger partial charge in [0.1, 0.15) is 0 Å². The number of thioether (sulfide) groups is 1. The number of hydrogen-bond acceptors (Lipinski definition) is 2. The van der Waals surface area contributed by atoms with Gasteiger partial charge in [-0.15, -0.1) is 11.8 Å². The lowest BCUT2D eigenvalue weighted by atomic mass is 9.92. The van der Waals surface area contributed by atoms with Gasteiger partial charge in [-0.05, 0) is 29.7 Å². The minimum atomic E-state index is 0.600. The van der Waals surface area contributed by atoms with Gasteiger partial charge in [0.05, 0.1) is 5.03 Å². The lowest BCUT2D eigenvalue weighted by Gasteiger charge is -2.15. The lowest BCUT2D eigenvalue weighted by Crippen LogP contribution is -2.02. The predicted molar refractivity (Wildman–Crippen MR) is 59.3 cm³/mol. The summed E-state index contributed by atoms with van der Waals surface area (Å²) < 4.78 is 0. The summed E-state index contributed by atoms with van der Waals surface area (Å²) in [5.41, 5.74) is 1.34. The normalized spacial score (nSPS) is 13.3. The van der Waals surface area contributed by atoms with Crippen LogP contribution < -0.4 is 0 Å². The summed E-state index contributed by atoms with van der Waals surface area (Å²) in [4.78, 5) is 4.36.